The van der Waals surface area contributed by atoms with E-state index in [9.17, 15) is 48.3 Å². The zero-order valence-electron chi connectivity index (χ0n) is 53.1. The minimum Gasteiger partial charge on any atom is -0.480 e. The van der Waals surface area contributed by atoms with Crippen molar-refractivity contribution in [3.05, 3.63) is 108 Å². The summed E-state index contributed by atoms with van der Waals surface area (Å²) in [6.45, 7) is 7.10. The molecule has 1 aliphatic heterocycles. The molecule has 0 spiro atoms. The summed E-state index contributed by atoms with van der Waals surface area (Å²) in [6.07, 6.45) is 6.28. The fourth-order valence-corrected chi connectivity index (χ4v) is 11.5. The maximum Gasteiger partial charge on any atom is 0.326 e. The molecule has 15 N–H and O–H groups in total. The number of thiol groups is 1. The van der Waals surface area contributed by atoms with Gasteiger partial charge in [-0.2, -0.15) is 24.4 Å². The SMILES string of the molecule is CSCC[C@H](NC(=O)[C@H](CCCCN)NC(=O)[C@H](C)NC(=O)[C@@H]1CCCN1C(=O)[C@H](CCCCN)NC(=O)[C@H](Cc1ccccc1)NC(=O)[C@H](Cc1ccccc1)NC(=O)[C@H](Cc1c[nH]c2ccccc12)NC(=O)[C@H](CC(C)C)NC(=O)[C@H](CS)NC(C)=O)C(=O)O. The molecule has 1 saturated heterocycles. The topological polar surface area (TPSA) is 387 Å². The van der Waals surface area contributed by atoms with E-state index in [1.54, 1.807) is 66.9 Å². The molecule has 0 unspecified atom stereocenters. The van der Waals surface area contributed by atoms with E-state index in [0.717, 1.165) is 10.9 Å². The minimum absolute atomic E-state index is 0.0627. The van der Waals surface area contributed by atoms with Crippen molar-refractivity contribution in [2.75, 3.05) is 37.4 Å². The van der Waals surface area contributed by atoms with Gasteiger partial charge in [0.1, 0.15) is 60.4 Å². The Bertz CT molecular complexity index is 3100. The third kappa shape index (κ3) is 23.9. The van der Waals surface area contributed by atoms with Gasteiger partial charge in [-0.05, 0) is 125 Å². The maximum atomic E-state index is 15.1. The molecule has 4 aromatic rings. The molecule has 2 heterocycles. The number of benzene rings is 3. The number of fused-ring (bicyclic) bond motifs is 1. The normalized spacial score (nSPS) is 15.8. The Hall–Kier alpha value is -8.01. The van der Waals surface area contributed by atoms with Gasteiger partial charge >= 0.3 is 5.97 Å². The summed E-state index contributed by atoms with van der Waals surface area (Å²) in [5.41, 5.74) is 14.3. The molecule has 0 radical (unpaired) electrons. The van der Waals surface area contributed by atoms with Crippen LogP contribution >= 0.6 is 24.4 Å². The van der Waals surface area contributed by atoms with Crippen LogP contribution in [0.15, 0.2) is 91.1 Å². The number of nitrogens with two attached hydrogens (primary N) is 2. The summed E-state index contributed by atoms with van der Waals surface area (Å²) in [4.78, 5) is 158. The Balaban J connectivity index is 1.41. The number of hydrogen-bond acceptors (Lipinski definition) is 15. The number of aliphatic carboxylic acids is 1. The van der Waals surface area contributed by atoms with Gasteiger partial charge in [-0.3, -0.25) is 47.9 Å². The number of unbranched alkanes of at least 4 members (excludes halogenated alkanes) is 2. The number of amides is 10. The molecule has 25 nitrogen and oxygen atoms in total. The lowest BCUT2D eigenvalue weighted by atomic mass is 9.99. The van der Waals surface area contributed by atoms with E-state index < -0.39 is 125 Å². The second-order valence-corrected chi connectivity index (χ2v) is 24.9. The van der Waals surface area contributed by atoms with Gasteiger partial charge in [0.2, 0.25) is 59.1 Å². The minimum atomic E-state index is -1.38. The van der Waals surface area contributed by atoms with Gasteiger partial charge in [0.25, 0.3) is 0 Å². The highest BCUT2D eigenvalue weighted by Crippen LogP contribution is 2.23. The summed E-state index contributed by atoms with van der Waals surface area (Å²) in [5.74, 6) is -7.78. The molecule has 10 amide bonds. The Kier molecular flexibility index (Phi) is 31.5. The van der Waals surface area contributed by atoms with Crippen LogP contribution in [0.2, 0.25) is 0 Å². The van der Waals surface area contributed by atoms with Crippen LogP contribution in [0.25, 0.3) is 10.9 Å². The fourth-order valence-electron chi connectivity index (χ4n) is 10.8. The molecule has 92 heavy (non-hydrogen) atoms. The highest BCUT2D eigenvalue weighted by molar-refractivity contribution is 7.98. The van der Waals surface area contributed by atoms with Crippen LogP contribution in [-0.4, -0.2) is 178 Å². The zero-order valence-corrected chi connectivity index (χ0v) is 54.8. The lowest BCUT2D eigenvalue weighted by Gasteiger charge is -2.31. The monoisotopic (exact) mass is 1310 g/mol. The quantitative estimate of drug-likeness (QED) is 0.0223. The Labute approximate surface area is 547 Å². The van der Waals surface area contributed by atoms with Gasteiger partial charge in [0.15, 0.2) is 0 Å². The van der Waals surface area contributed by atoms with Crippen molar-refractivity contribution < 1.29 is 57.8 Å². The van der Waals surface area contributed by atoms with Crippen LogP contribution < -0.4 is 59.3 Å². The summed E-state index contributed by atoms with van der Waals surface area (Å²) >= 11 is 5.65. The average Bonchev–Trinajstić information content (AvgIpc) is 1.66. The van der Waals surface area contributed by atoms with Gasteiger partial charge in [-0.25, -0.2) is 4.79 Å². The number of carbonyl (C=O) groups is 11. The van der Waals surface area contributed by atoms with E-state index in [-0.39, 0.29) is 76.1 Å². The molecule has 502 valence electrons. The molecule has 27 heteroatoms. The first-order valence-corrected chi connectivity index (χ1v) is 33.5. The Morgan fingerprint density at radius 3 is 1.59 bits per heavy atom. The van der Waals surface area contributed by atoms with Crippen molar-refractivity contribution in [2.24, 2.45) is 17.4 Å². The van der Waals surface area contributed by atoms with E-state index >= 15 is 9.59 Å². The second kappa shape index (κ2) is 38.7. The highest BCUT2D eigenvalue weighted by Gasteiger charge is 2.40. The number of para-hydroxylation sites is 1. The number of hydrogen-bond donors (Lipinski definition) is 14. The molecule has 0 aliphatic carbocycles. The predicted octanol–water partition coefficient (Wildman–Crippen LogP) is 1.66. The zero-order chi connectivity index (χ0) is 67.3. The van der Waals surface area contributed by atoms with Gasteiger partial charge in [0.05, 0.1) is 0 Å². The molecule has 5 rings (SSSR count). The lowest BCUT2D eigenvalue weighted by molar-refractivity contribution is -0.143. The average molecular weight is 1310 g/mol. The number of rotatable bonds is 39. The van der Waals surface area contributed by atoms with Gasteiger partial charge in [-0.15, -0.1) is 0 Å². The molecular formula is C65H93N13O12S2. The molecule has 1 aliphatic rings. The fraction of sp³-hybridized carbons (Fsp3) is 0.523. The number of thioether (sulfide) groups is 1. The van der Waals surface area contributed by atoms with Crippen molar-refractivity contribution in [1.29, 1.82) is 0 Å². The third-order valence-electron chi connectivity index (χ3n) is 15.7. The second-order valence-electron chi connectivity index (χ2n) is 23.5. The third-order valence-corrected chi connectivity index (χ3v) is 16.7. The molecule has 3 aromatic carbocycles. The molecule has 0 bridgehead atoms. The first kappa shape index (κ1) is 74.7. The molecule has 0 saturated carbocycles. The van der Waals surface area contributed by atoms with E-state index in [1.165, 1.54) is 30.5 Å². The van der Waals surface area contributed by atoms with Crippen molar-refractivity contribution in [3.63, 3.8) is 0 Å². The van der Waals surface area contributed by atoms with Crippen molar-refractivity contribution in [1.82, 2.24) is 57.7 Å². The molecular weight excluding hydrogens is 1220 g/mol. The number of nitrogens with zero attached hydrogens (tertiary/aromatic N) is 1. The van der Waals surface area contributed by atoms with E-state index in [4.69, 9.17) is 11.5 Å². The molecule has 10 atom stereocenters. The van der Waals surface area contributed by atoms with Crippen molar-refractivity contribution >= 4 is 100 Å². The number of aromatic amines is 1. The summed E-state index contributed by atoms with van der Waals surface area (Å²) < 4.78 is 0. The van der Waals surface area contributed by atoms with Crippen LogP contribution in [0.3, 0.4) is 0 Å². The largest absolute Gasteiger partial charge is 0.480 e. The van der Waals surface area contributed by atoms with Gasteiger partial charge < -0.3 is 74.3 Å². The van der Waals surface area contributed by atoms with Crippen LogP contribution in [0, 0.1) is 5.92 Å². The predicted molar refractivity (Wildman–Crippen MR) is 356 cm³/mol. The number of nitrogens with one attached hydrogen (secondary N) is 10. The van der Waals surface area contributed by atoms with E-state index in [2.05, 4.69) is 65.5 Å². The Morgan fingerprint density at radius 1 is 0.576 bits per heavy atom. The Morgan fingerprint density at radius 2 is 1.05 bits per heavy atom. The summed E-state index contributed by atoms with van der Waals surface area (Å²) in [5, 5.41) is 35.2. The number of likely N-dealkylation sites (tertiary alicyclic amines) is 1. The number of H-pyrrole nitrogens is 1. The summed E-state index contributed by atoms with van der Waals surface area (Å²) in [7, 11) is 0. The lowest BCUT2D eigenvalue weighted by Crippen LogP contribution is -2.61. The summed E-state index contributed by atoms with van der Waals surface area (Å²) in [6, 6.07) is 12.9. The van der Waals surface area contributed by atoms with Gasteiger partial charge in [-0.1, -0.05) is 92.7 Å². The van der Waals surface area contributed by atoms with Crippen molar-refractivity contribution in [3.8, 4) is 0 Å². The van der Waals surface area contributed by atoms with Crippen LogP contribution in [0.4, 0.5) is 0 Å². The van der Waals surface area contributed by atoms with Crippen LogP contribution in [0.1, 0.15) is 109 Å². The maximum absolute atomic E-state index is 15.1. The first-order valence-electron chi connectivity index (χ1n) is 31.4. The number of carboxylic acid groups (broad SMARTS) is 1. The number of carboxylic acids is 1. The first-order chi connectivity index (χ1) is 44.1. The molecule has 1 aromatic heterocycles. The number of aromatic nitrogens is 1. The van der Waals surface area contributed by atoms with E-state index in [0.29, 0.717) is 61.1 Å². The van der Waals surface area contributed by atoms with Crippen molar-refractivity contribution in [2.45, 2.75) is 172 Å². The smallest absolute Gasteiger partial charge is 0.326 e. The molecule has 1 fully saturated rings. The van der Waals surface area contributed by atoms with Gasteiger partial charge in [0, 0.05) is 55.6 Å². The van der Waals surface area contributed by atoms with Crippen LogP contribution in [-0.2, 0) is 72.0 Å². The number of carbonyl (C=O) groups excluding carboxylic acids is 10. The van der Waals surface area contributed by atoms with E-state index in [1.807, 2.05) is 44.4 Å². The standard InChI is InChI=1S/C65H93N13O12S2/c1-39(2)33-50(74-62(86)54(38-91)70-41(4)79)58(82)77-53(36-44-37-68-46-24-13-12-23-45(44)46)61(85)76-52(35-43-21-10-7-11-22-43)60(84)75-51(34-42-19-8-6-9-20-42)59(83)72-48(26-15-17-30-67)64(88)78-31-18-27-55(78)63(87)69-40(3)56(80)71-47(25-14-16-29-66)57(81)73-49(65(89)90)28-32-92-5/h6-13,19-24,37,39-40,47-55,68,91H,14-18,25-36,38,66-67H2,1-5H3,(H,69,87)(H,70,79)(H,71,80)(H,72,83)(H,73,81)(H,74,86)(H,75,84)(H,76,85)(H,77,82)(H,89,90)/t40-,47-,48-,49-,50-,51-,52-,53-,54-,55-/m0/s1. The highest BCUT2D eigenvalue weighted by atomic mass is 32.2. The van der Waals surface area contributed by atoms with Crippen LogP contribution in [0.5, 0.6) is 0 Å².